The molecule has 0 aliphatic carbocycles. The number of carboxylic acid groups (broad SMARTS) is 1. The molecule has 4 rings (SSSR count). The van der Waals surface area contributed by atoms with E-state index in [-0.39, 0.29) is 11.3 Å². The number of carboxylic acids is 1. The molecule has 0 saturated carbocycles. The van der Waals surface area contributed by atoms with Gasteiger partial charge in [-0.3, -0.25) is 9.69 Å². The van der Waals surface area contributed by atoms with Gasteiger partial charge < -0.3 is 14.8 Å². The molecule has 6 nitrogen and oxygen atoms in total. The average molecular weight is 396 g/mol. The van der Waals surface area contributed by atoms with E-state index >= 15 is 0 Å². The van der Waals surface area contributed by atoms with Gasteiger partial charge in [-0.2, -0.15) is 13.2 Å². The zero-order valence-electron chi connectivity index (χ0n) is 14.8. The lowest BCUT2D eigenvalue weighted by Gasteiger charge is -2.37. The summed E-state index contributed by atoms with van der Waals surface area (Å²) in [6.45, 7) is 2.66. The van der Waals surface area contributed by atoms with Crippen molar-refractivity contribution in [1.29, 1.82) is 0 Å². The Morgan fingerprint density at radius 1 is 1.18 bits per heavy atom. The topological polar surface area (TPSA) is 82.8 Å². The Hall–Kier alpha value is -2.81. The fraction of sp³-hybridized carbons (Fsp3) is 0.368. The second-order valence-corrected chi connectivity index (χ2v) is 6.74. The van der Waals surface area contributed by atoms with Gasteiger partial charge in [-0.25, -0.2) is 4.79 Å². The number of hydrogen-bond acceptors (Lipinski definition) is 4. The normalized spacial score (nSPS) is 18.2. The molecule has 28 heavy (non-hydrogen) atoms. The molecule has 1 saturated heterocycles. The maximum Gasteiger partial charge on any atom is 0.490 e. The number of piperidine rings is 1. The number of furan rings is 1. The fourth-order valence-corrected chi connectivity index (χ4v) is 3.59. The van der Waals surface area contributed by atoms with Crippen molar-refractivity contribution in [2.24, 2.45) is 0 Å². The zero-order valence-corrected chi connectivity index (χ0v) is 14.8. The summed E-state index contributed by atoms with van der Waals surface area (Å²) in [4.78, 5) is 23.7. The number of rotatable bonds is 2. The number of likely N-dealkylation sites (tertiary alicyclic amines) is 1. The van der Waals surface area contributed by atoms with Crippen molar-refractivity contribution in [3.63, 3.8) is 0 Å². The van der Waals surface area contributed by atoms with Crippen molar-refractivity contribution < 1.29 is 32.3 Å². The van der Waals surface area contributed by atoms with Gasteiger partial charge in [0.25, 0.3) is 0 Å². The smallest absolute Gasteiger partial charge is 0.475 e. The Morgan fingerprint density at radius 2 is 1.82 bits per heavy atom. The molecule has 0 bridgehead atoms. The molecular weight excluding hydrogens is 377 g/mol. The zero-order chi connectivity index (χ0) is 20.4. The Bertz CT molecular complexity index is 841. The fourth-order valence-electron chi connectivity index (χ4n) is 3.59. The molecular formula is C19H19F3N2O4. The summed E-state index contributed by atoms with van der Waals surface area (Å²) in [6, 6.07) is 12.0. The Balaban J connectivity index is 0.000000279. The van der Waals surface area contributed by atoms with Crippen LogP contribution in [0.2, 0.25) is 0 Å². The Kier molecular flexibility index (Phi) is 5.46. The number of hydrogen-bond donors (Lipinski definition) is 2. The largest absolute Gasteiger partial charge is 0.490 e. The number of para-hydroxylation sites is 1. The van der Waals surface area contributed by atoms with E-state index in [1.807, 2.05) is 30.3 Å². The van der Waals surface area contributed by atoms with Crippen molar-refractivity contribution in [3.05, 3.63) is 54.0 Å². The number of amides is 1. The monoisotopic (exact) mass is 396 g/mol. The van der Waals surface area contributed by atoms with Gasteiger partial charge in [0.2, 0.25) is 5.91 Å². The quantitative estimate of drug-likeness (QED) is 0.813. The van der Waals surface area contributed by atoms with Gasteiger partial charge in [0, 0.05) is 5.69 Å². The van der Waals surface area contributed by atoms with Crippen LogP contribution in [0.4, 0.5) is 18.9 Å². The number of carbonyl (C=O) groups excluding carboxylic acids is 1. The summed E-state index contributed by atoms with van der Waals surface area (Å²) in [6.07, 6.45) is -1.63. The van der Waals surface area contributed by atoms with Crippen LogP contribution in [0.1, 0.15) is 24.2 Å². The van der Waals surface area contributed by atoms with Gasteiger partial charge in [0.05, 0.1) is 18.2 Å². The molecule has 1 aromatic heterocycles. The van der Waals surface area contributed by atoms with Crippen LogP contribution in [0, 0.1) is 0 Å². The first-order valence-corrected chi connectivity index (χ1v) is 8.68. The van der Waals surface area contributed by atoms with E-state index in [4.69, 9.17) is 14.3 Å². The van der Waals surface area contributed by atoms with Crippen LogP contribution in [-0.4, -0.2) is 41.1 Å². The first-order chi connectivity index (χ1) is 13.2. The predicted molar refractivity (Wildman–Crippen MR) is 93.7 cm³/mol. The van der Waals surface area contributed by atoms with Crippen molar-refractivity contribution >= 4 is 17.6 Å². The summed E-state index contributed by atoms with van der Waals surface area (Å²) in [5, 5.41) is 10.2. The third kappa shape index (κ3) is 4.04. The van der Waals surface area contributed by atoms with Crippen molar-refractivity contribution in [3.8, 4) is 0 Å². The number of anilines is 1. The van der Waals surface area contributed by atoms with Crippen LogP contribution in [0.15, 0.2) is 47.1 Å². The number of fused-ring (bicyclic) bond motifs is 2. The molecule has 3 heterocycles. The van der Waals surface area contributed by atoms with Gasteiger partial charge in [-0.1, -0.05) is 18.2 Å². The van der Waals surface area contributed by atoms with Gasteiger partial charge >= 0.3 is 12.1 Å². The third-order valence-corrected chi connectivity index (χ3v) is 5.04. The second kappa shape index (κ2) is 7.67. The first kappa shape index (κ1) is 19.9. The average Bonchev–Trinajstić information content (AvgIpc) is 3.24. The van der Waals surface area contributed by atoms with Gasteiger partial charge in [-0.05, 0) is 49.7 Å². The molecule has 2 aromatic rings. The summed E-state index contributed by atoms with van der Waals surface area (Å²) in [5.41, 5.74) is 1.84. The number of nitrogens with one attached hydrogen (secondary N) is 1. The number of nitrogens with zero attached hydrogens (tertiary/aromatic N) is 1. The van der Waals surface area contributed by atoms with Crippen molar-refractivity contribution in [2.45, 2.75) is 31.0 Å². The molecule has 1 spiro atoms. The molecule has 2 N–H and O–H groups in total. The molecule has 2 aliphatic rings. The molecule has 1 fully saturated rings. The van der Waals surface area contributed by atoms with Crippen LogP contribution in [0.5, 0.6) is 0 Å². The standard InChI is InChI=1S/C17H18N2O2.C2HF3O2/c20-16-17(14-5-1-2-6-15(14)18-16)7-9-19(10-8-17)12-13-4-3-11-21-13;3-2(4,5)1(6)7/h1-6,11H,7-10,12H2,(H,18,20);(H,6,7). The van der Waals surface area contributed by atoms with E-state index in [0.29, 0.717) is 0 Å². The molecule has 2 aliphatic heterocycles. The highest BCUT2D eigenvalue weighted by Crippen LogP contribution is 2.44. The number of carbonyl (C=O) groups is 2. The summed E-state index contributed by atoms with van der Waals surface area (Å²) >= 11 is 0. The number of benzene rings is 1. The maximum absolute atomic E-state index is 12.5. The predicted octanol–water partition coefficient (Wildman–Crippen LogP) is 3.40. The van der Waals surface area contributed by atoms with E-state index in [0.717, 1.165) is 43.9 Å². The summed E-state index contributed by atoms with van der Waals surface area (Å²) in [7, 11) is 0. The SMILES string of the molecule is O=C(O)C(F)(F)F.O=C1Nc2ccccc2C12CCN(Cc1ccco1)CC2. The van der Waals surface area contributed by atoms with E-state index in [1.54, 1.807) is 6.26 Å². The lowest BCUT2D eigenvalue weighted by atomic mass is 9.73. The molecule has 1 aromatic carbocycles. The highest BCUT2D eigenvalue weighted by atomic mass is 19.4. The number of halogens is 3. The van der Waals surface area contributed by atoms with Gasteiger partial charge in [0.15, 0.2) is 0 Å². The highest BCUT2D eigenvalue weighted by molar-refractivity contribution is 6.06. The van der Waals surface area contributed by atoms with Crippen LogP contribution in [0.3, 0.4) is 0 Å². The summed E-state index contributed by atoms with van der Waals surface area (Å²) < 4.78 is 37.1. The minimum atomic E-state index is -5.08. The first-order valence-electron chi connectivity index (χ1n) is 8.68. The third-order valence-electron chi connectivity index (χ3n) is 5.04. The Labute approximate surface area is 158 Å². The number of aliphatic carboxylic acids is 1. The van der Waals surface area contributed by atoms with Crippen LogP contribution >= 0.6 is 0 Å². The van der Waals surface area contributed by atoms with Gasteiger partial charge in [0.1, 0.15) is 5.76 Å². The lowest BCUT2D eigenvalue weighted by Crippen LogP contribution is -2.46. The minimum absolute atomic E-state index is 0.168. The van der Waals surface area contributed by atoms with E-state index in [9.17, 15) is 18.0 Å². The molecule has 0 radical (unpaired) electrons. The van der Waals surface area contributed by atoms with E-state index in [1.165, 1.54) is 5.56 Å². The summed E-state index contributed by atoms with van der Waals surface area (Å²) in [5.74, 6) is -1.60. The van der Waals surface area contributed by atoms with Crippen molar-refractivity contribution in [1.82, 2.24) is 4.90 Å². The molecule has 1 amide bonds. The lowest BCUT2D eigenvalue weighted by molar-refractivity contribution is -0.192. The van der Waals surface area contributed by atoms with Crippen LogP contribution in [0.25, 0.3) is 0 Å². The van der Waals surface area contributed by atoms with E-state index in [2.05, 4.69) is 16.3 Å². The molecule has 0 unspecified atom stereocenters. The van der Waals surface area contributed by atoms with Crippen LogP contribution < -0.4 is 5.32 Å². The van der Waals surface area contributed by atoms with Crippen LogP contribution in [-0.2, 0) is 21.5 Å². The van der Waals surface area contributed by atoms with Gasteiger partial charge in [-0.15, -0.1) is 0 Å². The maximum atomic E-state index is 12.5. The molecule has 150 valence electrons. The Morgan fingerprint density at radius 3 is 2.39 bits per heavy atom. The highest BCUT2D eigenvalue weighted by Gasteiger charge is 2.48. The molecule has 0 atom stereocenters. The van der Waals surface area contributed by atoms with Crippen molar-refractivity contribution in [2.75, 3.05) is 18.4 Å². The van der Waals surface area contributed by atoms with E-state index < -0.39 is 12.1 Å². The minimum Gasteiger partial charge on any atom is -0.475 e. The molecule has 9 heteroatoms. The second-order valence-electron chi connectivity index (χ2n) is 6.74. The number of alkyl halides is 3.